The molecule has 0 bridgehead atoms. The fourth-order valence-electron chi connectivity index (χ4n) is 2.20. The lowest BCUT2D eigenvalue weighted by molar-refractivity contribution is -0.145. The lowest BCUT2D eigenvalue weighted by Crippen LogP contribution is -2.47. The Hall–Kier alpha value is -1.04. The van der Waals surface area contributed by atoms with E-state index in [4.69, 9.17) is 4.74 Å². The molecule has 0 spiro atoms. The van der Waals surface area contributed by atoms with Gasteiger partial charge in [-0.1, -0.05) is 24.6 Å². The number of hydrogen-bond donors (Lipinski definition) is 1. The van der Waals surface area contributed by atoms with Gasteiger partial charge in [-0.15, -0.1) is 0 Å². The second kappa shape index (κ2) is 7.11. The van der Waals surface area contributed by atoms with Crippen LogP contribution in [0.15, 0.2) is 0 Å². The van der Waals surface area contributed by atoms with Gasteiger partial charge in [0, 0.05) is 17.6 Å². The number of esters is 1. The average Bonchev–Trinajstić information content (AvgIpc) is 2.28. The Bertz CT molecular complexity index is 391. The Morgan fingerprint density at radius 3 is 2.20 bits per heavy atom. The normalized spacial score (nSPS) is 20.4. The number of rotatable bonds is 6. The molecule has 2 fully saturated rings. The number of amides is 1. The molecule has 0 unspecified atom stereocenters. The first-order valence-corrected chi connectivity index (χ1v) is 8.15. The smallest absolute Gasteiger partial charge is 0.329 e. The highest BCUT2D eigenvalue weighted by Crippen LogP contribution is 2.31. The molecule has 5 nitrogen and oxygen atoms in total. The van der Waals surface area contributed by atoms with Crippen molar-refractivity contribution >= 4 is 28.8 Å². The molecule has 2 rings (SSSR count). The van der Waals surface area contributed by atoms with E-state index in [-0.39, 0.29) is 28.6 Å². The highest BCUT2D eigenvalue weighted by Gasteiger charge is 2.31. The van der Waals surface area contributed by atoms with Gasteiger partial charge in [0.1, 0.15) is 6.04 Å². The lowest BCUT2D eigenvalue weighted by atomic mass is 9.84. The van der Waals surface area contributed by atoms with Crippen molar-refractivity contribution in [1.82, 2.24) is 5.32 Å². The summed E-state index contributed by atoms with van der Waals surface area (Å²) in [5.74, 6) is -0.148. The summed E-state index contributed by atoms with van der Waals surface area (Å²) in [4.78, 5) is 35.4. The summed E-state index contributed by atoms with van der Waals surface area (Å²) in [6.45, 7) is 0. The fourth-order valence-corrected chi connectivity index (χ4v) is 3.22. The van der Waals surface area contributed by atoms with Gasteiger partial charge in [0.2, 0.25) is 5.91 Å². The van der Waals surface area contributed by atoms with E-state index in [2.05, 4.69) is 5.32 Å². The summed E-state index contributed by atoms with van der Waals surface area (Å²) < 4.78 is 4.70. The molecule has 2 saturated carbocycles. The first-order valence-electron chi connectivity index (χ1n) is 7.16. The third-order valence-electron chi connectivity index (χ3n) is 4.11. The summed E-state index contributed by atoms with van der Waals surface area (Å²) in [7, 11) is 1.29. The molecule has 1 atom stereocenters. The van der Waals surface area contributed by atoms with Gasteiger partial charge < -0.3 is 10.1 Å². The maximum atomic E-state index is 11.9. The van der Waals surface area contributed by atoms with Crippen LogP contribution in [0, 0.1) is 11.8 Å². The van der Waals surface area contributed by atoms with Crippen LogP contribution in [-0.4, -0.2) is 35.9 Å². The third-order valence-corrected chi connectivity index (χ3v) is 5.23. The van der Waals surface area contributed by atoms with Crippen molar-refractivity contribution in [3.8, 4) is 0 Å². The lowest BCUT2D eigenvalue weighted by Gasteiger charge is -2.27. The number of carbonyl (C=O) groups excluding carboxylic acids is 3. The standard InChI is InChI=1S/C14H21NO4S/c1-19-13(17)11(15-12(16)9-4-2-5-9)8-20-14(18)10-6-3-7-10/h9-11H,2-8H2,1H3,(H,15,16)/t11-/m0/s1. The van der Waals surface area contributed by atoms with E-state index in [1.165, 1.54) is 7.11 Å². The first kappa shape index (κ1) is 15.4. The molecule has 0 radical (unpaired) electrons. The van der Waals surface area contributed by atoms with Gasteiger partial charge in [-0.05, 0) is 25.7 Å². The molecule has 20 heavy (non-hydrogen) atoms. The van der Waals surface area contributed by atoms with Gasteiger partial charge in [-0.2, -0.15) is 0 Å². The van der Waals surface area contributed by atoms with Crippen LogP contribution in [-0.2, 0) is 19.1 Å². The molecule has 112 valence electrons. The van der Waals surface area contributed by atoms with E-state index in [1.807, 2.05) is 0 Å². The Balaban J connectivity index is 1.81. The van der Waals surface area contributed by atoms with Crippen LogP contribution >= 0.6 is 11.8 Å². The van der Waals surface area contributed by atoms with Gasteiger partial charge in [0.05, 0.1) is 7.11 Å². The van der Waals surface area contributed by atoms with Gasteiger partial charge in [0.15, 0.2) is 5.12 Å². The number of nitrogens with one attached hydrogen (secondary N) is 1. The SMILES string of the molecule is COC(=O)[C@H](CSC(=O)C1CCC1)NC(=O)C1CCC1. The number of carbonyl (C=O) groups is 3. The molecule has 1 amide bonds. The highest BCUT2D eigenvalue weighted by molar-refractivity contribution is 8.13. The van der Waals surface area contributed by atoms with E-state index in [0.717, 1.165) is 50.3 Å². The third kappa shape index (κ3) is 3.75. The molecule has 0 heterocycles. The van der Waals surface area contributed by atoms with Crippen molar-refractivity contribution in [2.24, 2.45) is 11.8 Å². The van der Waals surface area contributed by atoms with Gasteiger partial charge in [-0.25, -0.2) is 4.79 Å². The van der Waals surface area contributed by atoms with Crippen LogP contribution < -0.4 is 5.32 Å². The largest absolute Gasteiger partial charge is 0.467 e. The van der Waals surface area contributed by atoms with E-state index in [0.29, 0.717) is 0 Å². The van der Waals surface area contributed by atoms with E-state index < -0.39 is 12.0 Å². The minimum absolute atomic E-state index is 0.0227. The minimum Gasteiger partial charge on any atom is -0.467 e. The predicted octanol–water partition coefficient (Wildman–Crippen LogP) is 1.50. The maximum absolute atomic E-state index is 11.9. The zero-order valence-electron chi connectivity index (χ0n) is 11.7. The monoisotopic (exact) mass is 299 g/mol. The molecule has 2 aliphatic carbocycles. The van der Waals surface area contributed by atoms with Crippen molar-refractivity contribution in [2.75, 3.05) is 12.9 Å². The molecule has 0 aliphatic heterocycles. The summed E-state index contributed by atoms with van der Waals surface area (Å²) in [6.07, 6.45) is 5.83. The van der Waals surface area contributed by atoms with E-state index in [1.54, 1.807) is 0 Å². The molecule has 6 heteroatoms. The zero-order valence-corrected chi connectivity index (χ0v) is 12.5. The average molecular weight is 299 g/mol. The molecule has 0 aromatic heterocycles. The summed E-state index contributed by atoms with van der Waals surface area (Å²) in [5.41, 5.74) is 0. The number of thioether (sulfide) groups is 1. The Kier molecular flexibility index (Phi) is 5.46. The van der Waals surface area contributed by atoms with Gasteiger partial charge >= 0.3 is 5.97 Å². The highest BCUT2D eigenvalue weighted by atomic mass is 32.2. The Morgan fingerprint density at radius 1 is 1.15 bits per heavy atom. The van der Waals surface area contributed by atoms with Crippen LogP contribution in [0.2, 0.25) is 0 Å². The molecular formula is C14H21NO4S. The molecule has 2 aliphatic rings. The molecule has 1 N–H and O–H groups in total. The second-order valence-corrected chi connectivity index (χ2v) is 6.49. The van der Waals surface area contributed by atoms with Crippen molar-refractivity contribution < 1.29 is 19.1 Å². The van der Waals surface area contributed by atoms with Crippen LogP contribution in [0.25, 0.3) is 0 Å². The second-order valence-electron chi connectivity index (χ2n) is 5.47. The quantitative estimate of drug-likeness (QED) is 0.753. The first-order chi connectivity index (χ1) is 9.61. The van der Waals surface area contributed by atoms with Crippen LogP contribution in [0.3, 0.4) is 0 Å². The summed E-state index contributed by atoms with van der Waals surface area (Å²) in [5, 5.41) is 2.84. The number of hydrogen-bond acceptors (Lipinski definition) is 5. The van der Waals surface area contributed by atoms with Crippen molar-refractivity contribution in [3.05, 3.63) is 0 Å². The van der Waals surface area contributed by atoms with Crippen molar-refractivity contribution in [2.45, 2.75) is 44.6 Å². The summed E-state index contributed by atoms with van der Waals surface area (Å²) in [6, 6.07) is -0.720. The number of methoxy groups -OCH3 is 1. The zero-order chi connectivity index (χ0) is 14.5. The Labute approximate surface area is 123 Å². The molecule has 0 aromatic carbocycles. The predicted molar refractivity (Wildman–Crippen MR) is 76.1 cm³/mol. The fraction of sp³-hybridized carbons (Fsp3) is 0.786. The van der Waals surface area contributed by atoms with Crippen LogP contribution in [0.1, 0.15) is 38.5 Å². The number of ether oxygens (including phenoxy) is 1. The Morgan fingerprint density at radius 2 is 1.75 bits per heavy atom. The van der Waals surface area contributed by atoms with Gasteiger partial charge in [-0.3, -0.25) is 9.59 Å². The van der Waals surface area contributed by atoms with Crippen LogP contribution in [0.4, 0.5) is 0 Å². The molecule has 0 saturated heterocycles. The summed E-state index contributed by atoms with van der Waals surface area (Å²) >= 11 is 1.14. The molecule has 0 aromatic rings. The van der Waals surface area contributed by atoms with Crippen LogP contribution in [0.5, 0.6) is 0 Å². The van der Waals surface area contributed by atoms with E-state index >= 15 is 0 Å². The molecular weight excluding hydrogens is 278 g/mol. The van der Waals surface area contributed by atoms with E-state index in [9.17, 15) is 14.4 Å². The maximum Gasteiger partial charge on any atom is 0.329 e. The van der Waals surface area contributed by atoms with Gasteiger partial charge in [0.25, 0.3) is 0 Å². The van der Waals surface area contributed by atoms with Crippen molar-refractivity contribution in [1.29, 1.82) is 0 Å². The topological polar surface area (TPSA) is 72.5 Å². The van der Waals surface area contributed by atoms with Crippen molar-refractivity contribution in [3.63, 3.8) is 0 Å². The minimum atomic E-state index is -0.720.